The molecule has 1 rings (SSSR count). The average molecular weight is 270 g/mol. The topological polar surface area (TPSA) is 60.9 Å². The van der Waals surface area contributed by atoms with E-state index >= 15 is 0 Å². The number of nitrogens with zero attached hydrogens (tertiary/aromatic N) is 2. The largest absolute Gasteiger partial charge is 0.481 e. The lowest BCUT2D eigenvalue weighted by Gasteiger charge is -2.31. The van der Waals surface area contributed by atoms with E-state index in [-0.39, 0.29) is 11.8 Å². The van der Waals surface area contributed by atoms with E-state index in [1.54, 1.807) is 4.90 Å². The molecule has 0 aromatic rings. The second-order valence-corrected chi connectivity index (χ2v) is 5.44. The maximum absolute atomic E-state index is 12.1. The van der Waals surface area contributed by atoms with Crippen molar-refractivity contribution in [1.29, 1.82) is 0 Å². The van der Waals surface area contributed by atoms with Crippen LogP contribution in [-0.2, 0) is 9.59 Å². The maximum atomic E-state index is 12.1. The Morgan fingerprint density at radius 3 is 2.42 bits per heavy atom. The molecule has 0 atom stereocenters. The van der Waals surface area contributed by atoms with Crippen LogP contribution in [0.1, 0.15) is 39.0 Å². The van der Waals surface area contributed by atoms with Gasteiger partial charge in [0.2, 0.25) is 5.91 Å². The number of aliphatic carboxylic acids is 1. The van der Waals surface area contributed by atoms with E-state index in [4.69, 9.17) is 5.11 Å². The van der Waals surface area contributed by atoms with Gasteiger partial charge in [-0.1, -0.05) is 19.8 Å². The monoisotopic (exact) mass is 270 g/mol. The molecule has 1 aliphatic rings. The van der Waals surface area contributed by atoms with Gasteiger partial charge in [0.1, 0.15) is 0 Å². The van der Waals surface area contributed by atoms with Crippen molar-refractivity contribution in [3.8, 4) is 0 Å². The minimum Gasteiger partial charge on any atom is -0.481 e. The molecule has 0 bridgehead atoms. The lowest BCUT2D eigenvalue weighted by Crippen LogP contribution is -2.44. The Morgan fingerprint density at radius 1 is 1.26 bits per heavy atom. The average Bonchev–Trinajstić information content (AvgIpc) is 2.39. The summed E-state index contributed by atoms with van der Waals surface area (Å²) in [6, 6.07) is 0. The summed E-state index contributed by atoms with van der Waals surface area (Å²) in [6.45, 7) is 4.72. The molecule has 1 aliphatic heterocycles. The smallest absolute Gasteiger partial charge is 0.306 e. The standard InChI is InChI=1S/C14H26N2O3/c1-3-4-5-8-15(2)11-13(17)16-9-6-12(7-10-16)14(18)19/h12H,3-11H2,1-2H3,(H,18,19). The van der Waals surface area contributed by atoms with Crippen LogP contribution in [0.15, 0.2) is 0 Å². The first-order valence-electron chi connectivity index (χ1n) is 7.23. The molecule has 0 aromatic heterocycles. The van der Waals surface area contributed by atoms with Crippen LogP contribution in [0, 0.1) is 5.92 Å². The number of unbranched alkanes of at least 4 members (excludes halogenated alkanes) is 2. The van der Waals surface area contributed by atoms with E-state index < -0.39 is 5.97 Å². The quantitative estimate of drug-likeness (QED) is 0.711. The van der Waals surface area contributed by atoms with Gasteiger partial charge in [0.25, 0.3) is 0 Å². The summed E-state index contributed by atoms with van der Waals surface area (Å²) in [5, 5.41) is 8.92. The summed E-state index contributed by atoms with van der Waals surface area (Å²) in [4.78, 5) is 26.8. The van der Waals surface area contributed by atoms with Crippen LogP contribution in [0.4, 0.5) is 0 Å². The van der Waals surface area contributed by atoms with Gasteiger partial charge in [-0.2, -0.15) is 0 Å². The van der Waals surface area contributed by atoms with E-state index in [1.807, 2.05) is 7.05 Å². The van der Waals surface area contributed by atoms with Crippen molar-refractivity contribution in [2.75, 3.05) is 33.2 Å². The molecule has 0 unspecified atom stereocenters. The molecule has 1 saturated heterocycles. The third-order valence-corrected chi connectivity index (χ3v) is 3.75. The lowest BCUT2D eigenvalue weighted by atomic mass is 9.97. The number of likely N-dealkylation sites (N-methyl/N-ethyl adjacent to an activating group) is 1. The molecule has 0 radical (unpaired) electrons. The van der Waals surface area contributed by atoms with Gasteiger partial charge >= 0.3 is 5.97 Å². The molecule has 1 amide bonds. The lowest BCUT2D eigenvalue weighted by molar-refractivity contribution is -0.145. The van der Waals surface area contributed by atoms with Crippen molar-refractivity contribution < 1.29 is 14.7 Å². The molecule has 0 aliphatic carbocycles. The molecule has 110 valence electrons. The molecule has 19 heavy (non-hydrogen) atoms. The number of carboxylic acid groups (broad SMARTS) is 1. The fourth-order valence-corrected chi connectivity index (χ4v) is 2.42. The number of carboxylic acids is 1. The minimum absolute atomic E-state index is 0.128. The zero-order valence-electron chi connectivity index (χ0n) is 12.1. The van der Waals surface area contributed by atoms with Gasteiger partial charge in [-0.25, -0.2) is 0 Å². The highest BCUT2D eigenvalue weighted by Gasteiger charge is 2.27. The maximum Gasteiger partial charge on any atom is 0.306 e. The highest BCUT2D eigenvalue weighted by atomic mass is 16.4. The molecule has 0 aromatic carbocycles. The third kappa shape index (κ3) is 5.59. The van der Waals surface area contributed by atoms with Gasteiger partial charge in [-0.05, 0) is 32.9 Å². The third-order valence-electron chi connectivity index (χ3n) is 3.75. The Hall–Kier alpha value is -1.10. The first-order valence-corrected chi connectivity index (χ1v) is 7.23. The van der Waals surface area contributed by atoms with E-state index in [1.165, 1.54) is 12.8 Å². The molecule has 0 spiro atoms. The van der Waals surface area contributed by atoms with Crippen molar-refractivity contribution in [3.63, 3.8) is 0 Å². The van der Waals surface area contributed by atoms with Gasteiger partial charge < -0.3 is 10.0 Å². The van der Waals surface area contributed by atoms with Crippen LogP contribution in [0.25, 0.3) is 0 Å². The molecule has 5 heteroatoms. The summed E-state index contributed by atoms with van der Waals surface area (Å²) in [5.74, 6) is -0.877. The number of carbonyl (C=O) groups excluding carboxylic acids is 1. The van der Waals surface area contributed by atoms with Crippen LogP contribution < -0.4 is 0 Å². The van der Waals surface area contributed by atoms with Crippen molar-refractivity contribution >= 4 is 11.9 Å². The van der Waals surface area contributed by atoms with E-state index in [2.05, 4.69) is 11.8 Å². The van der Waals surface area contributed by atoms with Gasteiger partial charge in [0.05, 0.1) is 12.5 Å². The van der Waals surface area contributed by atoms with Crippen LogP contribution in [0.5, 0.6) is 0 Å². The number of hydrogen-bond donors (Lipinski definition) is 1. The predicted molar refractivity (Wildman–Crippen MR) is 74.0 cm³/mol. The van der Waals surface area contributed by atoms with E-state index in [0.717, 1.165) is 13.0 Å². The number of carbonyl (C=O) groups is 2. The van der Waals surface area contributed by atoms with Gasteiger partial charge in [0.15, 0.2) is 0 Å². The Balaban J connectivity index is 2.25. The van der Waals surface area contributed by atoms with Gasteiger partial charge in [0, 0.05) is 13.1 Å². The summed E-state index contributed by atoms with van der Waals surface area (Å²) in [5.41, 5.74) is 0. The number of piperidine rings is 1. The molecular weight excluding hydrogens is 244 g/mol. The molecule has 0 saturated carbocycles. The van der Waals surface area contributed by atoms with E-state index in [9.17, 15) is 9.59 Å². The molecule has 5 nitrogen and oxygen atoms in total. The molecule has 1 N–H and O–H groups in total. The first kappa shape index (κ1) is 16.0. The Kier molecular flexibility index (Phi) is 6.84. The SMILES string of the molecule is CCCCCN(C)CC(=O)N1CCC(C(=O)O)CC1. The van der Waals surface area contributed by atoms with Crippen LogP contribution >= 0.6 is 0 Å². The fourth-order valence-electron chi connectivity index (χ4n) is 2.42. The van der Waals surface area contributed by atoms with Crippen LogP contribution in [0.2, 0.25) is 0 Å². The van der Waals surface area contributed by atoms with Crippen molar-refractivity contribution in [2.24, 2.45) is 5.92 Å². The number of amides is 1. The summed E-state index contributed by atoms with van der Waals surface area (Å²) >= 11 is 0. The number of hydrogen-bond acceptors (Lipinski definition) is 3. The Bertz CT molecular complexity index is 299. The van der Waals surface area contributed by atoms with Crippen molar-refractivity contribution in [1.82, 2.24) is 9.80 Å². The van der Waals surface area contributed by atoms with Crippen LogP contribution in [-0.4, -0.2) is 60.0 Å². The van der Waals surface area contributed by atoms with Gasteiger partial charge in [-0.3, -0.25) is 14.5 Å². The van der Waals surface area contributed by atoms with Crippen molar-refractivity contribution in [2.45, 2.75) is 39.0 Å². The zero-order chi connectivity index (χ0) is 14.3. The van der Waals surface area contributed by atoms with Crippen LogP contribution in [0.3, 0.4) is 0 Å². The highest BCUT2D eigenvalue weighted by Crippen LogP contribution is 2.17. The highest BCUT2D eigenvalue weighted by molar-refractivity contribution is 5.78. The Labute approximate surface area is 115 Å². The predicted octanol–water partition coefficient (Wildman–Crippen LogP) is 1.43. The number of rotatable bonds is 7. The summed E-state index contributed by atoms with van der Waals surface area (Å²) in [7, 11) is 1.97. The van der Waals surface area contributed by atoms with E-state index in [0.29, 0.717) is 32.5 Å². The summed E-state index contributed by atoms with van der Waals surface area (Å²) in [6.07, 6.45) is 4.68. The first-order chi connectivity index (χ1) is 9.04. The minimum atomic E-state index is -0.733. The fraction of sp³-hybridized carbons (Fsp3) is 0.857. The normalized spacial score (nSPS) is 16.9. The molecular formula is C14H26N2O3. The van der Waals surface area contributed by atoms with Gasteiger partial charge in [-0.15, -0.1) is 0 Å². The second kappa shape index (κ2) is 8.15. The summed E-state index contributed by atoms with van der Waals surface area (Å²) < 4.78 is 0. The Morgan fingerprint density at radius 2 is 1.89 bits per heavy atom. The second-order valence-electron chi connectivity index (χ2n) is 5.44. The van der Waals surface area contributed by atoms with Crippen molar-refractivity contribution in [3.05, 3.63) is 0 Å². The molecule has 1 heterocycles. The molecule has 1 fully saturated rings. The number of likely N-dealkylation sites (tertiary alicyclic amines) is 1. The zero-order valence-corrected chi connectivity index (χ0v) is 12.1.